The van der Waals surface area contributed by atoms with Gasteiger partial charge in [0.1, 0.15) is 18.2 Å². The predicted octanol–water partition coefficient (Wildman–Crippen LogP) is 2.08. The van der Waals surface area contributed by atoms with Crippen molar-refractivity contribution < 1.29 is 14.2 Å². The fourth-order valence-electron chi connectivity index (χ4n) is 1.34. The highest BCUT2D eigenvalue weighted by Gasteiger charge is 2.04. The summed E-state index contributed by atoms with van der Waals surface area (Å²) in [5, 5.41) is 12.3. The van der Waals surface area contributed by atoms with Crippen LogP contribution in [0.3, 0.4) is 0 Å². The molecule has 0 aliphatic heterocycles. The van der Waals surface area contributed by atoms with Gasteiger partial charge in [0.05, 0.1) is 6.10 Å². The standard InChI is InChI=1S/C13H20FNO2/c1-9(2)15-7-11-4-12(14)6-13(5-11)17-8-10(3)16/h4-6,9-10,15-16H,7-8H2,1-3H3. The fraction of sp³-hybridized carbons (Fsp3) is 0.538. The Bertz CT molecular complexity index is 323. The van der Waals surface area contributed by atoms with Crippen LogP contribution in [0.2, 0.25) is 0 Å². The molecule has 0 aliphatic carbocycles. The van der Waals surface area contributed by atoms with Gasteiger partial charge in [0.2, 0.25) is 0 Å². The number of benzene rings is 1. The number of nitrogens with one attached hydrogen (secondary N) is 1. The zero-order valence-corrected chi connectivity index (χ0v) is 10.5. The van der Waals surface area contributed by atoms with E-state index in [2.05, 4.69) is 5.32 Å². The van der Waals surface area contributed by atoms with E-state index in [9.17, 15) is 4.39 Å². The summed E-state index contributed by atoms with van der Waals surface area (Å²) < 4.78 is 18.6. The minimum Gasteiger partial charge on any atom is -0.491 e. The number of aliphatic hydroxyl groups excluding tert-OH is 1. The van der Waals surface area contributed by atoms with Gasteiger partial charge in [-0.25, -0.2) is 4.39 Å². The van der Waals surface area contributed by atoms with Gasteiger partial charge in [0.25, 0.3) is 0 Å². The van der Waals surface area contributed by atoms with E-state index in [1.165, 1.54) is 12.1 Å². The Morgan fingerprint density at radius 1 is 1.29 bits per heavy atom. The minimum atomic E-state index is -0.560. The molecule has 0 aliphatic rings. The lowest BCUT2D eigenvalue weighted by atomic mass is 10.2. The van der Waals surface area contributed by atoms with Crippen LogP contribution in [0.25, 0.3) is 0 Å². The molecule has 0 spiro atoms. The monoisotopic (exact) mass is 241 g/mol. The Morgan fingerprint density at radius 2 is 2.00 bits per heavy atom. The second-order valence-electron chi connectivity index (χ2n) is 4.49. The zero-order valence-electron chi connectivity index (χ0n) is 10.5. The molecular formula is C13H20FNO2. The maximum atomic E-state index is 13.3. The Labute approximate surface area is 102 Å². The summed E-state index contributed by atoms with van der Waals surface area (Å²) in [5.74, 6) is 0.125. The smallest absolute Gasteiger partial charge is 0.127 e. The predicted molar refractivity (Wildman–Crippen MR) is 65.6 cm³/mol. The number of hydrogen-bond acceptors (Lipinski definition) is 3. The summed E-state index contributed by atoms with van der Waals surface area (Å²) in [5.41, 5.74) is 0.833. The third kappa shape index (κ3) is 5.65. The summed E-state index contributed by atoms with van der Waals surface area (Å²) in [6.07, 6.45) is -0.560. The first-order valence-corrected chi connectivity index (χ1v) is 5.81. The lowest BCUT2D eigenvalue weighted by Crippen LogP contribution is -2.22. The maximum Gasteiger partial charge on any atom is 0.127 e. The van der Waals surface area contributed by atoms with Crippen molar-refractivity contribution in [2.45, 2.75) is 39.5 Å². The first-order chi connectivity index (χ1) is 7.97. The van der Waals surface area contributed by atoms with Crippen molar-refractivity contribution in [3.05, 3.63) is 29.6 Å². The third-order valence-electron chi connectivity index (χ3n) is 2.14. The van der Waals surface area contributed by atoms with Crippen LogP contribution in [-0.2, 0) is 6.54 Å². The van der Waals surface area contributed by atoms with Gasteiger partial charge < -0.3 is 15.2 Å². The lowest BCUT2D eigenvalue weighted by Gasteiger charge is -2.12. The molecule has 0 heterocycles. The van der Waals surface area contributed by atoms with E-state index in [1.807, 2.05) is 13.8 Å². The maximum absolute atomic E-state index is 13.3. The second-order valence-corrected chi connectivity index (χ2v) is 4.49. The van der Waals surface area contributed by atoms with Crippen molar-refractivity contribution in [1.29, 1.82) is 0 Å². The summed E-state index contributed by atoms with van der Waals surface area (Å²) >= 11 is 0. The van der Waals surface area contributed by atoms with Crippen molar-refractivity contribution in [2.24, 2.45) is 0 Å². The van der Waals surface area contributed by atoms with Gasteiger partial charge in [-0.05, 0) is 24.6 Å². The largest absolute Gasteiger partial charge is 0.491 e. The Morgan fingerprint density at radius 3 is 2.59 bits per heavy atom. The SMILES string of the molecule is CC(O)COc1cc(F)cc(CNC(C)C)c1. The van der Waals surface area contributed by atoms with Crippen LogP contribution in [0.4, 0.5) is 4.39 Å². The van der Waals surface area contributed by atoms with Gasteiger partial charge in [-0.3, -0.25) is 0 Å². The molecule has 1 rings (SSSR count). The molecule has 0 saturated carbocycles. The molecule has 3 nitrogen and oxygen atoms in total. The topological polar surface area (TPSA) is 41.5 Å². The van der Waals surface area contributed by atoms with Crippen molar-refractivity contribution in [3.8, 4) is 5.75 Å². The molecule has 0 saturated heterocycles. The number of halogens is 1. The molecule has 1 unspecified atom stereocenters. The minimum absolute atomic E-state index is 0.167. The third-order valence-corrected chi connectivity index (χ3v) is 2.14. The van der Waals surface area contributed by atoms with E-state index in [4.69, 9.17) is 9.84 Å². The number of ether oxygens (including phenoxy) is 1. The quantitative estimate of drug-likeness (QED) is 0.801. The Kier molecular flexibility index (Phi) is 5.38. The fourth-order valence-corrected chi connectivity index (χ4v) is 1.34. The van der Waals surface area contributed by atoms with Crippen LogP contribution < -0.4 is 10.1 Å². The molecule has 0 amide bonds. The van der Waals surface area contributed by atoms with E-state index >= 15 is 0 Å². The molecule has 96 valence electrons. The average molecular weight is 241 g/mol. The van der Waals surface area contributed by atoms with Crippen molar-refractivity contribution >= 4 is 0 Å². The number of hydrogen-bond donors (Lipinski definition) is 2. The molecule has 1 aromatic carbocycles. The van der Waals surface area contributed by atoms with E-state index in [0.717, 1.165) is 5.56 Å². The molecule has 0 aromatic heterocycles. The summed E-state index contributed by atoms with van der Waals surface area (Å²) in [4.78, 5) is 0. The Balaban J connectivity index is 2.65. The number of rotatable bonds is 6. The molecule has 1 aromatic rings. The van der Waals surface area contributed by atoms with Gasteiger partial charge in [0.15, 0.2) is 0 Å². The highest BCUT2D eigenvalue weighted by molar-refractivity contribution is 5.29. The van der Waals surface area contributed by atoms with Gasteiger partial charge >= 0.3 is 0 Å². The molecule has 1 atom stereocenters. The van der Waals surface area contributed by atoms with Gasteiger partial charge in [-0.15, -0.1) is 0 Å². The summed E-state index contributed by atoms with van der Waals surface area (Å²) in [6.45, 7) is 6.45. The first-order valence-electron chi connectivity index (χ1n) is 5.81. The van der Waals surface area contributed by atoms with Gasteiger partial charge in [-0.1, -0.05) is 13.8 Å². The molecule has 0 fully saturated rings. The lowest BCUT2D eigenvalue weighted by molar-refractivity contribution is 0.122. The van der Waals surface area contributed by atoms with E-state index in [1.54, 1.807) is 13.0 Å². The van der Waals surface area contributed by atoms with Crippen molar-refractivity contribution in [3.63, 3.8) is 0 Å². The van der Waals surface area contributed by atoms with Crippen LogP contribution in [-0.4, -0.2) is 23.9 Å². The van der Waals surface area contributed by atoms with E-state index in [-0.39, 0.29) is 12.4 Å². The van der Waals surface area contributed by atoms with E-state index in [0.29, 0.717) is 18.3 Å². The normalized spacial score (nSPS) is 12.8. The molecule has 0 bridgehead atoms. The van der Waals surface area contributed by atoms with Crippen LogP contribution in [0.5, 0.6) is 5.75 Å². The van der Waals surface area contributed by atoms with Crippen LogP contribution >= 0.6 is 0 Å². The highest BCUT2D eigenvalue weighted by Crippen LogP contribution is 2.16. The van der Waals surface area contributed by atoms with Crippen LogP contribution in [0.1, 0.15) is 26.3 Å². The second kappa shape index (κ2) is 6.57. The zero-order chi connectivity index (χ0) is 12.8. The highest BCUT2D eigenvalue weighted by atomic mass is 19.1. The Hall–Kier alpha value is -1.13. The summed E-state index contributed by atoms with van der Waals surface area (Å²) in [6, 6.07) is 4.92. The first kappa shape index (κ1) is 13.9. The van der Waals surface area contributed by atoms with Crippen molar-refractivity contribution in [1.82, 2.24) is 5.32 Å². The van der Waals surface area contributed by atoms with E-state index < -0.39 is 6.10 Å². The molecule has 17 heavy (non-hydrogen) atoms. The van der Waals surface area contributed by atoms with Gasteiger partial charge in [0, 0.05) is 18.7 Å². The van der Waals surface area contributed by atoms with Gasteiger partial charge in [-0.2, -0.15) is 0 Å². The molecule has 4 heteroatoms. The van der Waals surface area contributed by atoms with Crippen molar-refractivity contribution in [2.75, 3.05) is 6.61 Å². The number of aliphatic hydroxyl groups is 1. The molecule has 0 radical (unpaired) electrons. The molecular weight excluding hydrogens is 221 g/mol. The summed E-state index contributed by atoms with van der Waals surface area (Å²) in [7, 11) is 0. The van der Waals surface area contributed by atoms with Crippen LogP contribution in [0.15, 0.2) is 18.2 Å². The average Bonchev–Trinajstić information content (AvgIpc) is 2.23. The van der Waals surface area contributed by atoms with Crippen LogP contribution in [0, 0.1) is 5.82 Å². The molecule has 2 N–H and O–H groups in total.